The second-order valence-electron chi connectivity index (χ2n) is 8.13. The SMILES string of the molecule is CC[C@H]1CC[C@@H](C(N)=O)N1C(=O)C(CC(C)C)NC(=O)OC(C)(C)C. The van der Waals surface area contributed by atoms with Gasteiger partial charge in [-0.2, -0.15) is 0 Å². The Kier molecular flexibility index (Phi) is 7.26. The summed E-state index contributed by atoms with van der Waals surface area (Å²) in [5.41, 5.74) is 4.84. The van der Waals surface area contributed by atoms with Crippen molar-refractivity contribution in [3.8, 4) is 0 Å². The third kappa shape index (κ3) is 6.21. The molecule has 1 aliphatic rings. The highest BCUT2D eigenvalue weighted by Gasteiger charge is 2.42. The zero-order valence-corrected chi connectivity index (χ0v) is 16.3. The number of nitrogens with zero attached hydrogens (tertiary/aromatic N) is 1. The third-order valence-electron chi connectivity index (χ3n) is 4.25. The van der Waals surface area contributed by atoms with E-state index in [2.05, 4.69) is 5.32 Å². The standard InChI is InChI=1S/C18H33N3O4/c1-7-12-8-9-14(15(19)22)21(12)16(23)13(10-11(2)3)20-17(24)25-18(4,5)6/h11-14H,7-10H2,1-6H3,(H2,19,22)(H,20,24)/t12-,13?,14-/m0/s1. The molecule has 144 valence electrons. The van der Waals surface area contributed by atoms with Crippen LogP contribution in [0.4, 0.5) is 4.79 Å². The summed E-state index contributed by atoms with van der Waals surface area (Å²) < 4.78 is 5.28. The maximum atomic E-state index is 13.1. The number of amides is 3. The molecule has 0 spiro atoms. The molecule has 1 fully saturated rings. The van der Waals surface area contributed by atoms with Crippen LogP contribution in [-0.4, -0.2) is 46.5 Å². The van der Waals surface area contributed by atoms with E-state index in [0.717, 1.165) is 12.8 Å². The van der Waals surface area contributed by atoms with Gasteiger partial charge in [-0.15, -0.1) is 0 Å². The zero-order valence-electron chi connectivity index (χ0n) is 16.3. The van der Waals surface area contributed by atoms with Crippen molar-refractivity contribution in [3.63, 3.8) is 0 Å². The van der Waals surface area contributed by atoms with E-state index in [1.54, 1.807) is 25.7 Å². The lowest BCUT2D eigenvalue weighted by Crippen LogP contribution is -2.55. The van der Waals surface area contributed by atoms with Gasteiger partial charge in [0.05, 0.1) is 0 Å². The molecule has 25 heavy (non-hydrogen) atoms. The molecule has 1 saturated heterocycles. The minimum Gasteiger partial charge on any atom is -0.444 e. The van der Waals surface area contributed by atoms with Gasteiger partial charge in [0.1, 0.15) is 17.7 Å². The molecule has 7 nitrogen and oxygen atoms in total. The van der Waals surface area contributed by atoms with Gasteiger partial charge in [-0.1, -0.05) is 20.8 Å². The summed E-state index contributed by atoms with van der Waals surface area (Å²) >= 11 is 0. The fourth-order valence-corrected chi connectivity index (χ4v) is 3.22. The largest absolute Gasteiger partial charge is 0.444 e. The highest BCUT2D eigenvalue weighted by atomic mass is 16.6. The summed E-state index contributed by atoms with van der Waals surface area (Å²) in [6.45, 7) is 11.2. The first-order chi connectivity index (χ1) is 11.5. The monoisotopic (exact) mass is 355 g/mol. The van der Waals surface area contributed by atoms with Gasteiger partial charge in [-0.05, 0) is 52.4 Å². The minimum atomic E-state index is -0.733. The Labute approximate surface area is 150 Å². The van der Waals surface area contributed by atoms with Crippen LogP contribution in [0, 0.1) is 5.92 Å². The molecule has 0 aromatic heterocycles. The highest BCUT2D eigenvalue weighted by Crippen LogP contribution is 2.28. The van der Waals surface area contributed by atoms with Crippen LogP contribution in [0.3, 0.4) is 0 Å². The van der Waals surface area contributed by atoms with Gasteiger partial charge in [0.25, 0.3) is 0 Å². The topological polar surface area (TPSA) is 102 Å². The van der Waals surface area contributed by atoms with E-state index in [4.69, 9.17) is 10.5 Å². The normalized spacial score (nSPS) is 22.0. The number of hydrogen-bond acceptors (Lipinski definition) is 4. The summed E-state index contributed by atoms with van der Waals surface area (Å²) in [4.78, 5) is 38.6. The molecule has 0 saturated carbocycles. The van der Waals surface area contributed by atoms with E-state index in [1.807, 2.05) is 20.8 Å². The summed E-state index contributed by atoms with van der Waals surface area (Å²) in [5.74, 6) is -0.559. The molecule has 0 bridgehead atoms. The summed E-state index contributed by atoms with van der Waals surface area (Å²) in [7, 11) is 0. The van der Waals surface area contributed by atoms with E-state index < -0.39 is 29.7 Å². The van der Waals surface area contributed by atoms with Gasteiger partial charge in [0.2, 0.25) is 11.8 Å². The first kappa shape index (κ1) is 21.3. The van der Waals surface area contributed by atoms with Gasteiger partial charge in [-0.3, -0.25) is 9.59 Å². The van der Waals surface area contributed by atoms with Gasteiger partial charge in [-0.25, -0.2) is 4.79 Å². The molecule has 3 N–H and O–H groups in total. The Hall–Kier alpha value is -1.79. The van der Waals surface area contributed by atoms with Crippen LogP contribution in [0.5, 0.6) is 0 Å². The van der Waals surface area contributed by atoms with Crippen molar-refractivity contribution in [1.29, 1.82) is 0 Å². The molecule has 0 aliphatic carbocycles. The van der Waals surface area contributed by atoms with Crippen LogP contribution in [0.1, 0.15) is 67.2 Å². The van der Waals surface area contributed by atoms with Crippen LogP contribution in [0.15, 0.2) is 0 Å². The molecule has 1 rings (SSSR count). The van der Waals surface area contributed by atoms with Gasteiger partial charge >= 0.3 is 6.09 Å². The Balaban J connectivity index is 2.98. The fraction of sp³-hybridized carbons (Fsp3) is 0.833. The predicted octanol–water partition coefficient (Wildman–Crippen LogP) is 2.18. The highest BCUT2D eigenvalue weighted by molar-refractivity contribution is 5.91. The first-order valence-corrected chi connectivity index (χ1v) is 9.07. The Morgan fingerprint density at radius 1 is 1.24 bits per heavy atom. The molecular formula is C18H33N3O4. The Bertz CT molecular complexity index is 499. The maximum absolute atomic E-state index is 13.1. The smallest absolute Gasteiger partial charge is 0.408 e. The molecular weight excluding hydrogens is 322 g/mol. The lowest BCUT2D eigenvalue weighted by molar-refractivity contribution is -0.141. The molecule has 3 amide bonds. The number of alkyl carbamates (subject to hydrolysis) is 1. The van der Waals surface area contributed by atoms with E-state index in [0.29, 0.717) is 12.8 Å². The number of nitrogens with one attached hydrogen (secondary N) is 1. The van der Waals surface area contributed by atoms with Crippen LogP contribution in [0.25, 0.3) is 0 Å². The average molecular weight is 355 g/mol. The summed E-state index contributed by atoms with van der Waals surface area (Å²) in [5, 5.41) is 2.68. The van der Waals surface area contributed by atoms with Crippen LogP contribution in [0.2, 0.25) is 0 Å². The van der Waals surface area contributed by atoms with Crippen molar-refractivity contribution < 1.29 is 19.1 Å². The number of nitrogens with two attached hydrogens (primary N) is 1. The van der Waals surface area contributed by atoms with E-state index in [1.165, 1.54) is 0 Å². The Morgan fingerprint density at radius 2 is 1.84 bits per heavy atom. The lowest BCUT2D eigenvalue weighted by Gasteiger charge is -2.33. The molecule has 0 aromatic rings. The van der Waals surface area contributed by atoms with Crippen molar-refractivity contribution >= 4 is 17.9 Å². The summed E-state index contributed by atoms with van der Waals surface area (Å²) in [6.07, 6.45) is 1.90. The van der Waals surface area contributed by atoms with Crippen molar-refractivity contribution in [2.75, 3.05) is 0 Å². The Morgan fingerprint density at radius 3 is 2.28 bits per heavy atom. The second-order valence-corrected chi connectivity index (χ2v) is 8.13. The van der Waals surface area contributed by atoms with Gasteiger partial charge < -0.3 is 20.7 Å². The minimum absolute atomic E-state index is 0.0277. The first-order valence-electron chi connectivity index (χ1n) is 9.07. The number of carbonyl (C=O) groups excluding carboxylic acids is 3. The van der Waals surface area contributed by atoms with E-state index >= 15 is 0 Å². The molecule has 7 heteroatoms. The maximum Gasteiger partial charge on any atom is 0.408 e. The molecule has 1 heterocycles. The fourth-order valence-electron chi connectivity index (χ4n) is 3.22. The number of hydrogen-bond donors (Lipinski definition) is 2. The van der Waals surface area contributed by atoms with Crippen LogP contribution >= 0.6 is 0 Å². The quantitative estimate of drug-likeness (QED) is 0.762. The van der Waals surface area contributed by atoms with Gasteiger partial charge in [0.15, 0.2) is 0 Å². The second kappa shape index (κ2) is 8.54. The average Bonchev–Trinajstić information content (AvgIpc) is 2.87. The number of likely N-dealkylation sites (tertiary alicyclic amines) is 1. The van der Waals surface area contributed by atoms with Crippen molar-refractivity contribution in [1.82, 2.24) is 10.2 Å². The molecule has 1 aliphatic heterocycles. The number of primary amides is 1. The third-order valence-corrected chi connectivity index (χ3v) is 4.25. The molecule has 0 radical (unpaired) electrons. The zero-order chi connectivity index (χ0) is 19.4. The predicted molar refractivity (Wildman–Crippen MR) is 95.8 cm³/mol. The lowest BCUT2D eigenvalue weighted by atomic mass is 10.0. The molecule has 1 unspecified atom stereocenters. The van der Waals surface area contributed by atoms with Crippen LogP contribution in [-0.2, 0) is 14.3 Å². The van der Waals surface area contributed by atoms with Crippen LogP contribution < -0.4 is 11.1 Å². The van der Waals surface area contributed by atoms with Crippen molar-refractivity contribution in [2.45, 2.75) is 91.0 Å². The number of rotatable bonds is 6. The summed E-state index contributed by atoms with van der Waals surface area (Å²) in [6, 6.07) is -1.36. The van der Waals surface area contributed by atoms with E-state index in [9.17, 15) is 14.4 Å². The molecule has 3 atom stereocenters. The van der Waals surface area contributed by atoms with Gasteiger partial charge in [0, 0.05) is 6.04 Å². The van der Waals surface area contributed by atoms with Crippen molar-refractivity contribution in [2.24, 2.45) is 11.7 Å². The number of carbonyl (C=O) groups is 3. The number of ether oxygens (including phenoxy) is 1. The molecule has 0 aromatic carbocycles. The van der Waals surface area contributed by atoms with Crippen molar-refractivity contribution in [3.05, 3.63) is 0 Å². The van der Waals surface area contributed by atoms with E-state index in [-0.39, 0.29) is 17.9 Å².